The van der Waals surface area contributed by atoms with Gasteiger partial charge in [0.1, 0.15) is 0 Å². The molecule has 0 bridgehead atoms. The van der Waals surface area contributed by atoms with Crippen molar-refractivity contribution in [2.45, 2.75) is 26.2 Å². The van der Waals surface area contributed by atoms with E-state index < -0.39 is 0 Å². The molecule has 5 heteroatoms. The molecule has 1 rings (SSSR count). The summed E-state index contributed by atoms with van der Waals surface area (Å²) >= 11 is 0. The van der Waals surface area contributed by atoms with Crippen LogP contribution in [-0.2, 0) is 14.3 Å². The van der Waals surface area contributed by atoms with Crippen molar-refractivity contribution >= 4 is 11.9 Å². The maximum Gasteiger partial charge on any atom is 0.310 e. The van der Waals surface area contributed by atoms with Gasteiger partial charge in [-0.3, -0.25) is 9.59 Å². The van der Waals surface area contributed by atoms with Gasteiger partial charge in [0.05, 0.1) is 12.5 Å². The molecule has 0 aliphatic carbocycles. The highest BCUT2D eigenvalue weighted by atomic mass is 16.5. The maximum atomic E-state index is 11.5. The largest absolute Gasteiger partial charge is 0.466 e. The number of nitrogens with zero attached hydrogens (tertiary/aromatic N) is 1. The van der Waals surface area contributed by atoms with Crippen LogP contribution >= 0.6 is 0 Å². The maximum absolute atomic E-state index is 11.5. The third kappa shape index (κ3) is 4.18. The number of likely N-dealkylation sites (tertiary alicyclic amines) is 1. The molecule has 1 aliphatic heterocycles. The Morgan fingerprint density at radius 1 is 1.50 bits per heavy atom. The number of carbonyl (C=O) groups is 2. The number of piperidine rings is 1. The van der Waals surface area contributed by atoms with Crippen molar-refractivity contribution in [2.75, 3.05) is 26.2 Å². The third-order valence-corrected chi connectivity index (χ3v) is 2.80. The molecule has 0 radical (unpaired) electrons. The van der Waals surface area contributed by atoms with Gasteiger partial charge in [0.15, 0.2) is 0 Å². The average molecular weight is 228 g/mol. The molecule has 1 atom stereocenters. The van der Waals surface area contributed by atoms with Crippen LogP contribution < -0.4 is 5.73 Å². The van der Waals surface area contributed by atoms with Crippen LogP contribution in [0.15, 0.2) is 0 Å². The van der Waals surface area contributed by atoms with Crippen molar-refractivity contribution in [3.63, 3.8) is 0 Å². The van der Waals surface area contributed by atoms with Gasteiger partial charge < -0.3 is 15.4 Å². The molecular weight excluding hydrogens is 208 g/mol. The first-order valence-electron chi connectivity index (χ1n) is 5.80. The predicted molar refractivity (Wildman–Crippen MR) is 59.6 cm³/mol. The summed E-state index contributed by atoms with van der Waals surface area (Å²) in [7, 11) is 0. The molecule has 0 aromatic rings. The molecule has 0 aromatic heterocycles. The van der Waals surface area contributed by atoms with Crippen molar-refractivity contribution in [2.24, 2.45) is 11.7 Å². The Balaban J connectivity index is 2.34. The normalized spacial score (nSPS) is 21.7. The molecule has 1 fully saturated rings. The molecular formula is C11H20N2O3. The summed E-state index contributed by atoms with van der Waals surface area (Å²) < 4.78 is 5.00. The van der Waals surface area contributed by atoms with Gasteiger partial charge in [-0.25, -0.2) is 0 Å². The van der Waals surface area contributed by atoms with Gasteiger partial charge in [0.25, 0.3) is 0 Å². The zero-order valence-electron chi connectivity index (χ0n) is 9.78. The second-order valence-electron chi connectivity index (χ2n) is 4.11. The summed E-state index contributed by atoms with van der Waals surface area (Å²) in [6.07, 6.45) is 2.21. The Hall–Kier alpha value is -1.10. The number of hydrogen-bond acceptors (Lipinski definition) is 4. The minimum absolute atomic E-state index is 0.0402. The van der Waals surface area contributed by atoms with Crippen LogP contribution in [-0.4, -0.2) is 43.0 Å². The smallest absolute Gasteiger partial charge is 0.310 e. The first-order chi connectivity index (χ1) is 7.63. The molecule has 2 N–H and O–H groups in total. The van der Waals surface area contributed by atoms with E-state index in [0.717, 1.165) is 19.4 Å². The number of carbonyl (C=O) groups excluding carboxylic acids is 2. The van der Waals surface area contributed by atoms with E-state index in [1.165, 1.54) is 0 Å². The molecule has 0 spiro atoms. The number of primary amides is 1. The van der Waals surface area contributed by atoms with E-state index in [-0.39, 0.29) is 17.8 Å². The number of ether oxygens (including phenoxy) is 1. The number of hydrogen-bond donors (Lipinski definition) is 1. The van der Waals surface area contributed by atoms with Gasteiger partial charge in [-0.15, -0.1) is 0 Å². The predicted octanol–water partition coefficient (Wildman–Crippen LogP) is 0.137. The van der Waals surface area contributed by atoms with Gasteiger partial charge in [0, 0.05) is 19.5 Å². The van der Waals surface area contributed by atoms with E-state index in [4.69, 9.17) is 10.5 Å². The molecule has 0 saturated carbocycles. The number of nitrogens with two attached hydrogens (primary N) is 1. The second-order valence-corrected chi connectivity index (χ2v) is 4.11. The standard InChI is InChI=1S/C11H20N2O3/c1-2-16-11(15)9-4-3-6-13(8-9)7-5-10(12)14/h9H,2-8H2,1H3,(H2,12,14)/t9-/m1/s1. The van der Waals surface area contributed by atoms with Crippen molar-refractivity contribution in [3.05, 3.63) is 0 Å². The average Bonchev–Trinajstić information content (AvgIpc) is 2.27. The quantitative estimate of drug-likeness (QED) is 0.679. The van der Waals surface area contributed by atoms with Crippen LogP contribution in [0.1, 0.15) is 26.2 Å². The Labute approximate surface area is 95.9 Å². The summed E-state index contributed by atoms with van der Waals surface area (Å²) in [4.78, 5) is 24.3. The number of amides is 1. The fraction of sp³-hybridized carbons (Fsp3) is 0.818. The van der Waals surface area contributed by atoms with E-state index in [1.54, 1.807) is 0 Å². The van der Waals surface area contributed by atoms with Crippen LogP contribution in [0.2, 0.25) is 0 Å². The SMILES string of the molecule is CCOC(=O)[C@@H]1CCCN(CCC(N)=O)C1. The van der Waals surface area contributed by atoms with Crippen molar-refractivity contribution in [1.82, 2.24) is 4.90 Å². The van der Waals surface area contributed by atoms with Crippen LogP contribution in [0.3, 0.4) is 0 Å². The Bertz CT molecular complexity index is 256. The fourth-order valence-electron chi connectivity index (χ4n) is 1.98. The molecule has 1 saturated heterocycles. The number of rotatable bonds is 5. The Kier molecular flexibility index (Phi) is 5.25. The molecule has 5 nitrogen and oxygen atoms in total. The van der Waals surface area contributed by atoms with Crippen molar-refractivity contribution < 1.29 is 14.3 Å². The van der Waals surface area contributed by atoms with Gasteiger partial charge in [0.2, 0.25) is 5.91 Å². The van der Waals surface area contributed by atoms with Gasteiger partial charge in [-0.2, -0.15) is 0 Å². The highest BCUT2D eigenvalue weighted by molar-refractivity contribution is 5.74. The van der Waals surface area contributed by atoms with Crippen LogP contribution in [0.5, 0.6) is 0 Å². The second kappa shape index (κ2) is 6.48. The van der Waals surface area contributed by atoms with Crippen molar-refractivity contribution in [3.8, 4) is 0 Å². The lowest BCUT2D eigenvalue weighted by atomic mass is 9.98. The summed E-state index contributed by atoms with van der Waals surface area (Å²) in [6.45, 7) is 4.50. The summed E-state index contributed by atoms with van der Waals surface area (Å²) in [5.74, 6) is -0.453. The van der Waals surface area contributed by atoms with E-state index in [0.29, 0.717) is 26.1 Å². The minimum Gasteiger partial charge on any atom is -0.466 e. The van der Waals surface area contributed by atoms with Crippen LogP contribution in [0.25, 0.3) is 0 Å². The minimum atomic E-state index is -0.293. The Morgan fingerprint density at radius 3 is 2.88 bits per heavy atom. The molecule has 0 aromatic carbocycles. The van der Waals surface area contributed by atoms with Crippen molar-refractivity contribution in [1.29, 1.82) is 0 Å². The van der Waals surface area contributed by atoms with Gasteiger partial charge in [-0.1, -0.05) is 0 Å². The lowest BCUT2D eigenvalue weighted by molar-refractivity contribution is -0.149. The summed E-state index contributed by atoms with van der Waals surface area (Å²) in [6, 6.07) is 0. The fourth-order valence-corrected chi connectivity index (χ4v) is 1.98. The Morgan fingerprint density at radius 2 is 2.25 bits per heavy atom. The van der Waals surface area contributed by atoms with Gasteiger partial charge in [-0.05, 0) is 26.3 Å². The third-order valence-electron chi connectivity index (χ3n) is 2.80. The van der Waals surface area contributed by atoms with Gasteiger partial charge >= 0.3 is 5.97 Å². The van der Waals surface area contributed by atoms with Crippen LogP contribution in [0, 0.1) is 5.92 Å². The van der Waals surface area contributed by atoms with Crippen LogP contribution in [0.4, 0.5) is 0 Å². The highest BCUT2D eigenvalue weighted by Gasteiger charge is 2.26. The zero-order valence-corrected chi connectivity index (χ0v) is 9.78. The molecule has 92 valence electrons. The van der Waals surface area contributed by atoms with E-state index in [2.05, 4.69) is 4.90 Å². The summed E-state index contributed by atoms with van der Waals surface area (Å²) in [5.41, 5.74) is 5.09. The lowest BCUT2D eigenvalue weighted by Crippen LogP contribution is -2.40. The van der Waals surface area contributed by atoms with E-state index in [1.807, 2.05) is 6.92 Å². The highest BCUT2D eigenvalue weighted by Crippen LogP contribution is 2.17. The molecule has 1 amide bonds. The molecule has 1 heterocycles. The molecule has 0 unspecified atom stereocenters. The number of esters is 1. The zero-order chi connectivity index (χ0) is 12.0. The molecule has 16 heavy (non-hydrogen) atoms. The lowest BCUT2D eigenvalue weighted by Gasteiger charge is -2.31. The topological polar surface area (TPSA) is 72.6 Å². The summed E-state index contributed by atoms with van der Waals surface area (Å²) in [5, 5.41) is 0. The monoisotopic (exact) mass is 228 g/mol. The first-order valence-corrected chi connectivity index (χ1v) is 5.80. The van der Waals surface area contributed by atoms with E-state index >= 15 is 0 Å². The molecule has 1 aliphatic rings. The first kappa shape index (κ1) is 13.0. The van der Waals surface area contributed by atoms with E-state index in [9.17, 15) is 9.59 Å².